The highest BCUT2D eigenvalue weighted by atomic mass is 16.3. The van der Waals surface area contributed by atoms with E-state index in [0.29, 0.717) is 11.6 Å². The summed E-state index contributed by atoms with van der Waals surface area (Å²) in [5.74, 6) is 1.60. The van der Waals surface area contributed by atoms with Crippen LogP contribution in [0, 0.1) is 0 Å². The van der Waals surface area contributed by atoms with Gasteiger partial charge in [-0.15, -0.1) is 0 Å². The lowest BCUT2D eigenvalue weighted by atomic mass is 10.1. The Bertz CT molecular complexity index is 380. The van der Waals surface area contributed by atoms with Crippen LogP contribution >= 0.6 is 0 Å². The molecular formula is C11H21N5O. The fourth-order valence-corrected chi connectivity index (χ4v) is 1.31. The second-order valence-corrected chi connectivity index (χ2v) is 4.53. The van der Waals surface area contributed by atoms with Gasteiger partial charge >= 0.3 is 0 Å². The normalized spacial score (nSPS) is 11.4. The zero-order valence-corrected chi connectivity index (χ0v) is 10.9. The lowest BCUT2D eigenvalue weighted by molar-refractivity contribution is 0.215. The lowest BCUT2D eigenvalue weighted by Gasteiger charge is -2.35. The first-order valence-corrected chi connectivity index (χ1v) is 5.64. The molecule has 17 heavy (non-hydrogen) atoms. The van der Waals surface area contributed by atoms with Crippen LogP contribution in [0.2, 0.25) is 0 Å². The molecule has 0 unspecified atom stereocenters. The molecule has 0 aromatic carbocycles. The van der Waals surface area contributed by atoms with Crippen molar-refractivity contribution in [2.45, 2.75) is 26.3 Å². The first-order valence-electron chi connectivity index (χ1n) is 5.64. The predicted octanol–water partition coefficient (Wildman–Crippen LogP) is 0.698. The summed E-state index contributed by atoms with van der Waals surface area (Å²) in [4.78, 5) is 10.1. The van der Waals surface area contributed by atoms with E-state index in [1.54, 1.807) is 0 Å². The van der Waals surface area contributed by atoms with Crippen LogP contribution in [-0.2, 0) is 0 Å². The molecule has 96 valence electrons. The van der Waals surface area contributed by atoms with Crippen LogP contribution in [-0.4, -0.2) is 40.8 Å². The van der Waals surface area contributed by atoms with Gasteiger partial charge in [-0.05, 0) is 20.8 Å². The molecule has 0 saturated carbocycles. The summed E-state index contributed by atoms with van der Waals surface area (Å²) >= 11 is 0. The van der Waals surface area contributed by atoms with Gasteiger partial charge in [0.1, 0.15) is 11.6 Å². The Hall–Kier alpha value is -1.56. The van der Waals surface area contributed by atoms with Gasteiger partial charge < -0.3 is 21.1 Å². The molecule has 1 heterocycles. The summed E-state index contributed by atoms with van der Waals surface area (Å²) in [6, 6.07) is 1.82. The highest BCUT2D eigenvalue weighted by Gasteiger charge is 2.24. The average molecular weight is 239 g/mol. The van der Waals surface area contributed by atoms with E-state index < -0.39 is 5.54 Å². The largest absolute Gasteiger partial charge is 0.394 e. The Morgan fingerprint density at radius 1 is 1.47 bits per heavy atom. The topological polar surface area (TPSA) is 87.3 Å². The fourth-order valence-electron chi connectivity index (χ4n) is 1.31. The van der Waals surface area contributed by atoms with Gasteiger partial charge in [-0.3, -0.25) is 0 Å². The molecule has 4 N–H and O–H groups in total. The summed E-state index contributed by atoms with van der Waals surface area (Å²) in [6.07, 6.45) is 0. The Morgan fingerprint density at radius 2 is 2.12 bits per heavy atom. The minimum atomic E-state index is -0.399. The molecule has 0 fully saturated rings. The van der Waals surface area contributed by atoms with Crippen LogP contribution in [0.25, 0.3) is 0 Å². The minimum Gasteiger partial charge on any atom is -0.394 e. The van der Waals surface area contributed by atoms with E-state index in [0.717, 1.165) is 6.54 Å². The Labute approximate surface area is 102 Å². The van der Waals surface area contributed by atoms with Gasteiger partial charge in [0.05, 0.1) is 12.1 Å². The van der Waals surface area contributed by atoms with Crippen LogP contribution in [0.5, 0.6) is 0 Å². The first kappa shape index (κ1) is 13.5. The first-order chi connectivity index (χ1) is 7.90. The number of hydrogen-bond donors (Lipinski definition) is 3. The molecule has 0 aliphatic rings. The van der Waals surface area contributed by atoms with Gasteiger partial charge in [-0.2, -0.15) is 9.97 Å². The molecule has 6 heteroatoms. The third-order valence-corrected chi connectivity index (χ3v) is 2.73. The van der Waals surface area contributed by atoms with Crippen LogP contribution in [0.3, 0.4) is 0 Å². The van der Waals surface area contributed by atoms with Crippen molar-refractivity contribution >= 4 is 17.6 Å². The van der Waals surface area contributed by atoms with E-state index in [-0.39, 0.29) is 12.6 Å². The molecule has 0 aliphatic carbocycles. The number of anilines is 3. The minimum absolute atomic E-state index is 0.0317. The number of aliphatic hydroxyl groups is 1. The van der Waals surface area contributed by atoms with Gasteiger partial charge in [0.2, 0.25) is 5.95 Å². The molecule has 0 spiro atoms. The summed E-state index contributed by atoms with van der Waals surface area (Å²) < 4.78 is 0. The van der Waals surface area contributed by atoms with Gasteiger partial charge in [0.15, 0.2) is 0 Å². The molecule has 1 aromatic heterocycles. The molecule has 1 rings (SSSR count). The van der Waals surface area contributed by atoms with E-state index in [1.807, 2.05) is 38.8 Å². The van der Waals surface area contributed by atoms with E-state index in [1.165, 1.54) is 0 Å². The highest BCUT2D eigenvalue weighted by Crippen LogP contribution is 2.22. The maximum Gasteiger partial charge on any atom is 0.223 e. The number of aromatic nitrogens is 2. The van der Waals surface area contributed by atoms with Gasteiger partial charge in [0, 0.05) is 19.7 Å². The third-order valence-electron chi connectivity index (χ3n) is 2.73. The number of rotatable bonds is 5. The SMILES string of the molecule is CCNc1cc(N(C)C(C)(C)CO)nc(N)n1. The van der Waals surface area contributed by atoms with Gasteiger partial charge in [-0.1, -0.05) is 0 Å². The van der Waals surface area contributed by atoms with Crippen molar-refractivity contribution in [1.82, 2.24) is 9.97 Å². The number of nitrogens with zero attached hydrogens (tertiary/aromatic N) is 3. The van der Waals surface area contributed by atoms with Gasteiger partial charge in [0.25, 0.3) is 0 Å². The Morgan fingerprint density at radius 3 is 2.65 bits per heavy atom. The van der Waals surface area contributed by atoms with Crippen LogP contribution < -0.4 is 16.0 Å². The smallest absolute Gasteiger partial charge is 0.223 e. The van der Waals surface area contributed by atoms with Crippen LogP contribution in [0.15, 0.2) is 6.07 Å². The molecule has 6 nitrogen and oxygen atoms in total. The molecule has 0 radical (unpaired) electrons. The summed E-state index contributed by atoms with van der Waals surface area (Å²) in [5, 5.41) is 12.4. The maximum atomic E-state index is 9.34. The molecule has 0 atom stereocenters. The molecule has 0 saturated heterocycles. The summed E-state index contributed by atoms with van der Waals surface area (Å²) in [7, 11) is 1.87. The van der Waals surface area contributed by atoms with Crippen molar-refractivity contribution in [3.8, 4) is 0 Å². The standard InChI is InChI=1S/C11H21N5O/c1-5-13-8-6-9(15-10(12)14-8)16(4)11(2,3)7-17/h6,17H,5,7H2,1-4H3,(H3,12,13,14,15). The number of nitrogens with one attached hydrogen (secondary N) is 1. The molecule has 0 bridgehead atoms. The molecule has 1 aromatic rings. The number of nitrogens with two attached hydrogens (primary N) is 1. The molecular weight excluding hydrogens is 218 g/mol. The van der Waals surface area contributed by atoms with Crippen LogP contribution in [0.1, 0.15) is 20.8 Å². The van der Waals surface area contributed by atoms with Crippen molar-refractivity contribution in [1.29, 1.82) is 0 Å². The molecule has 0 aliphatic heterocycles. The average Bonchev–Trinajstić information content (AvgIpc) is 2.27. The van der Waals surface area contributed by atoms with Crippen molar-refractivity contribution in [2.75, 3.05) is 36.1 Å². The van der Waals surface area contributed by atoms with Crippen LogP contribution in [0.4, 0.5) is 17.6 Å². The number of hydrogen-bond acceptors (Lipinski definition) is 6. The van der Waals surface area contributed by atoms with E-state index >= 15 is 0 Å². The zero-order chi connectivity index (χ0) is 13.1. The Kier molecular flexibility index (Phi) is 4.11. The second-order valence-electron chi connectivity index (χ2n) is 4.53. The quantitative estimate of drug-likeness (QED) is 0.701. The predicted molar refractivity (Wildman–Crippen MR) is 70.2 cm³/mol. The molecule has 0 amide bonds. The monoisotopic (exact) mass is 239 g/mol. The van der Waals surface area contributed by atoms with Gasteiger partial charge in [-0.25, -0.2) is 0 Å². The number of nitrogen functional groups attached to an aromatic ring is 1. The summed E-state index contributed by atoms with van der Waals surface area (Å²) in [5.41, 5.74) is 5.26. The number of likely N-dealkylation sites (N-methyl/N-ethyl adjacent to an activating group) is 1. The van der Waals surface area contributed by atoms with Crippen molar-refractivity contribution in [2.24, 2.45) is 0 Å². The lowest BCUT2D eigenvalue weighted by Crippen LogP contribution is -2.45. The third kappa shape index (κ3) is 3.20. The van der Waals surface area contributed by atoms with E-state index in [4.69, 9.17) is 5.73 Å². The highest BCUT2D eigenvalue weighted by molar-refractivity contribution is 5.53. The number of aliphatic hydroxyl groups excluding tert-OH is 1. The fraction of sp³-hybridized carbons (Fsp3) is 0.636. The van der Waals surface area contributed by atoms with Crippen molar-refractivity contribution in [3.05, 3.63) is 6.07 Å². The Balaban J connectivity index is 3.05. The summed E-state index contributed by atoms with van der Waals surface area (Å²) in [6.45, 7) is 6.64. The van der Waals surface area contributed by atoms with E-state index in [9.17, 15) is 5.11 Å². The maximum absolute atomic E-state index is 9.34. The zero-order valence-electron chi connectivity index (χ0n) is 10.9. The van der Waals surface area contributed by atoms with Crippen molar-refractivity contribution < 1.29 is 5.11 Å². The van der Waals surface area contributed by atoms with Crippen molar-refractivity contribution in [3.63, 3.8) is 0 Å². The van der Waals surface area contributed by atoms with E-state index in [2.05, 4.69) is 15.3 Å². The second kappa shape index (κ2) is 5.18.